The summed E-state index contributed by atoms with van der Waals surface area (Å²) in [5, 5.41) is 5.50. The van der Waals surface area contributed by atoms with Gasteiger partial charge in [0.1, 0.15) is 4.34 Å². The highest BCUT2D eigenvalue weighted by Gasteiger charge is 2.21. The van der Waals surface area contributed by atoms with Crippen LogP contribution in [0.15, 0.2) is 20.9 Å². The summed E-state index contributed by atoms with van der Waals surface area (Å²) in [6, 6.07) is 0. The van der Waals surface area contributed by atoms with Crippen LogP contribution >= 0.6 is 47.1 Å². The average molecular weight is 514 g/mol. The van der Waals surface area contributed by atoms with Crippen LogP contribution in [0, 0.1) is 0 Å². The van der Waals surface area contributed by atoms with Gasteiger partial charge in [0.15, 0.2) is 5.96 Å². The Kier molecular flexibility index (Phi) is 13.7. The van der Waals surface area contributed by atoms with Crippen LogP contribution in [0.2, 0.25) is 0 Å². The van der Waals surface area contributed by atoms with Gasteiger partial charge in [-0.1, -0.05) is 11.8 Å². The molecule has 0 bridgehead atoms. The first-order valence-corrected chi connectivity index (χ1v) is 10.8. The molecule has 1 saturated heterocycles. The quantitative estimate of drug-likeness (QED) is 0.170. The molecule has 6 nitrogen and oxygen atoms in total. The number of thiazole rings is 1. The van der Waals surface area contributed by atoms with Crippen LogP contribution in [0.3, 0.4) is 0 Å². The van der Waals surface area contributed by atoms with Crippen LogP contribution in [0.25, 0.3) is 0 Å². The van der Waals surface area contributed by atoms with Gasteiger partial charge < -0.3 is 19.7 Å². The molecule has 1 fully saturated rings. The van der Waals surface area contributed by atoms with E-state index in [4.69, 9.17) is 9.47 Å². The molecule has 1 N–H and O–H groups in total. The largest absolute Gasteiger partial charge is 0.385 e. The van der Waals surface area contributed by atoms with Crippen molar-refractivity contribution in [1.29, 1.82) is 0 Å². The molecule has 9 heteroatoms. The van der Waals surface area contributed by atoms with Crippen molar-refractivity contribution in [2.45, 2.75) is 36.1 Å². The highest BCUT2D eigenvalue weighted by molar-refractivity contribution is 14.0. The number of aromatic nitrogens is 1. The van der Waals surface area contributed by atoms with E-state index in [9.17, 15) is 0 Å². The number of methoxy groups -OCH3 is 1. The number of thioether (sulfide) groups is 1. The monoisotopic (exact) mass is 514 g/mol. The van der Waals surface area contributed by atoms with E-state index in [1.54, 1.807) is 18.4 Å². The van der Waals surface area contributed by atoms with Gasteiger partial charge in [-0.3, -0.25) is 4.99 Å². The van der Waals surface area contributed by atoms with Crippen LogP contribution in [-0.2, 0) is 9.47 Å². The molecule has 0 aromatic carbocycles. The number of rotatable bonds is 10. The molecule has 0 unspecified atom stereocenters. The lowest BCUT2D eigenvalue weighted by Gasteiger charge is -2.34. The fourth-order valence-corrected chi connectivity index (χ4v) is 4.38. The van der Waals surface area contributed by atoms with Crippen molar-refractivity contribution in [3.05, 3.63) is 11.6 Å². The molecule has 1 aliphatic rings. The first-order chi connectivity index (χ1) is 12.3. The van der Waals surface area contributed by atoms with E-state index in [-0.39, 0.29) is 24.0 Å². The van der Waals surface area contributed by atoms with E-state index in [1.807, 2.05) is 30.4 Å². The van der Waals surface area contributed by atoms with Crippen molar-refractivity contribution < 1.29 is 9.47 Å². The van der Waals surface area contributed by atoms with Gasteiger partial charge in [0.25, 0.3) is 0 Å². The van der Waals surface area contributed by atoms with E-state index in [2.05, 4.69) is 20.2 Å². The number of ether oxygens (including phenoxy) is 2. The van der Waals surface area contributed by atoms with E-state index in [0.29, 0.717) is 6.10 Å². The Labute approximate surface area is 182 Å². The van der Waals surface area contributed by atoms with Crippen molar-refractivity contribution in [3.63, 3.8) is 0 Å². The summed E-state index contributed by atoms with van der Waals surface area (Å²) in [5.74, 6) is 2.09. The van der Waals surface area contributed by atoms with Crippen LogP contribution in [0.1, 0.15) is 25.7 Å². The van der Waals surface area contributed by atoms with E-state index in [1.165, 1.54) is 0 Å². The molecule has 0 radical (unpaired) electrons. The Morgan fingerprint density at radius 1 is 1.38 bits per heavy atom. The Morgan fingerprint density at radius 3 is 2.85 bits per heavy atom. The molecule has 1 aromatic heterocycles. The highest BCUT2D eigenvalue weighted by Crippen LogP contribution is 2.20. The minimum Gasteiger partial charge on any atom is -0.385 e. The summed E-state index contributed by atoms with van der Waals surface area (Å²) < 4.78 is 12.1. The van der Waals surface area contributed by atoms with Gasteiger partial charge >= 0.3 is 0 Å². The molecular weight excluding hydrogens is 483 g/mol. The molecule has 0 saturated carbocycles. The first-order valence-electron chi connectivity index (χ1n) is 8.92. The second kappa shape index (κ2) is 14.9. The van der Waals surface area contributed by atoms with Gasteiger partial charge in [0.05, 0.1) is 6.10 Å². The average Bonchev–Trinajstić information content (AvgIpc) is 3.16. The highest BCUT2D eigenvalue weighted by atomic mass is 127. The Bertz CT molecular complexity index is 483. The summed E-state index contributed by atoms with van der Waals surface area (Å²) in [7, 11) is 3.59. The lowest BCUT2D eigenvalue weighted by atomic mass is 10.1. The number of hydrogen-bond acceptors (Lipinski definition) is 6. The lowest BCUT2D eigenvalue weighted by Crippen LogP contribution is -2.47. The van der Waals surface area contributed by atoms with Crippen LogP contribution in [0.5, 0.6) is 0 Å². The number of hydrogen-bond donors (Lipinski definition) is 1. The van der Waals surface area contributed by atoms with Gasteiger partial charge in [-0.2, -0.15) is 0 Å². The Hall–Kier alpha value is -0.100. The normalized spacial score (nSPS) is 15.8. The van der Waals surface area contributed by atoms with Gasteiger partial charge in [-0.25, -0.2) is 4.98 Å². The maximum absolute atomic E-state index is 5.92. The zero-order valence-electron chi connectivity index (χ0n) is 15.7. The second-order valence-corrected chi connectivity index (χ2v) is 8.11. The summed E-state index contributed by atoms with van der Waals surface area (Å²) >= 11 is 3.53. The molecular formula is C17H31IN4O2S2. The number of likely N-dealkylation sites (tertiary alicyclic amines) is 1. The summed E-state index contributed by atoms with van der Waals surface area (Å²) in [6.07, 6.45) is 6.43. The molecule has 2 heterocycles. The number of nitrogens with zero attached hydrogens (tertiary/aromatic N) is 3. The molecule has 0 aliphatic carbocycles. The summed E-state index contributed by atoms with van der Waals surface area (Å²) in [6.45, 7) is 4.52. The van der Waals surface area contributed by atoms with Crippen molar-refractivity contribution in [3.8, 4) is 0 Å². The Balaban J connectivity index is 0.00000338. The SMILES string of the molecule is CN=C(NCCCSc1nccs1)N1CCC(OCCCOC)CC1.I. The molecule has 1 aromatic rings. The lowest BCUT2D eigenvalue weighted by molar-refractivity contribution is 0.00991. The molecule has 0 atom stereocenters. The maximum Gasteiger partial charge on any atom is 0.193 e. The number of guanidine groups is 1. The third kappa shape index (κ3) is 9.20. The van der Waals surface area contributed by atoms with E-state index >= 15 is 0 Å². The first kappa shape index (κ1) is 23.9. The minimum atomic E-state index is 0. The van der Waals surface area contributed by atoms with Crippen molar-refractivity contribution >= 4 is 53.0 Å². The predicted molar refractivity (Wildman–Crippen MR) is 121 cm³/mol. The predicted octanol–water partition coefficient (Wildman–Crippen LogP) is 3.34. The molecule has 2 rings (SSSR count). The fourth-order valence-electron chi connectivity index (χ4n) is 2.73. The van der Waals surface area contributed by atoms with Crippen LogP contribution in [-0.4, -0.2) is 74.7 Å². The third-order valence-electron chi connectivity index (χ3n) is 4.04. The standard InChI is InChI=1S/C17H30N4O2S2.HI/c1-18-16(19-7-3-13-24-17-20-8-14-25-17)21-9-5-15(6-10-21)23-12-4-11-22-2;/h8,14-15H,3-7,9-13H2,1-2H3,(H,18,19);1H. The molecule has 1 aliphatic heterocycles. The summed E-state index contributed by atoms with van der Waals surface area (Å²) in [5.41, 5.74) is 0. The van der Waals surface area contributed by atoms with Gasteiger partial charge in [0.2, 0.25) is 0 Å². The molecule has 0 amide bonds. The second-order valence-electron chi connectivity index (χ2n) is 5.88. The number of halogens is 1. The molecule has 0 spiro atoms. The minimum absolute atomic E-state index is 0. The summed E-state index contributed by atoms with van der Waals surface area (Å²) in [4.78, 5) is 11.1. The number of piperidine rings is 1. The van der Waals surface area contributed by atoms with Crippen molar-refractivity contribution in [1.82, 2.24) is 15.2 Å². The third-order valence-corrected chi connectivity index (χ3v) is 6.09. The topological polar surface area (TPSA) is 59.0 Å². The van der Waals surface area contributed by atoms with E-state index < -0.39 is 0 Å². The number of nitrogens with one attached hydrogen (secondary N) is 1. The van der Waals surface area contributed by atoms with Gasteiger partial charge in [-0.15, -0.1) is 35.3 Å². The molecule has 26 heavy (non-hydrogen) atoms. The smallest absolute Gasteiger partial charge is 0.193 e. The van der Waals surface area contributed by atoms with E-state index in [0.717, 1.165) is 74.6 Å². The van der Waals surface area contributed by atoms with Crippen molar-refractivity contribution in [2.75, 3.05) is 52.8 Å². The van der Waals surface area contributed by atoms with Crippen molar-refractivity contribution in [2.24, 2.45) is 4.99 Å². The molecule has 150 valence electrons. The van der Waals surface area contributed by atoms with Gasteiger partial charge in [0, 0.05) is 64.3 Å². The zero-order valence-corrected chi connectivity index (χ0v) is 19.6. The number of aliphatic imine (C=N–C) groups is 1. The van der Waals surface area contributed by atoms with Gasteiger partial charge in [-0.05, 0) is 25.7 Å². The van der Waals surface area contributed by atoms with Crippen LogP contribution in [0.4, 0.5) is 0 Å². The Morgan fingerprint density at radius 2 is 2.19 bits per heavy atom. The maximum atomic E-state index is 5.92. The fraction of sp³-hybridized carbons (Fsp3) is 0.765. The van der Waals surface area contributed by atoms with Crippen LogP contribution < -0.4 is 5.32 Å². The zero-order chi connectivity index (χ0) is 17.7.